The van der Waals surface area contributed by atoms with Gasteiger partial charge in [-0.05, 0) is 29.5 Å². The monoisotopic (exact) mass is 272 g/mol. The highest BCUT2D eigenvalue weighted by molar-refractivity contribution is 5.92. The molecule has 0 aliphatic carbocycles. The maximum Gasteiger partial charge on any atom is 0.166 e. The zero-order valence-corrected chi connectivity index (χ0v) is 12.2. The number of hydrogen-bond donors (Lipinski definition) is 0. The summed E-state index contributed by atoms with van der Waals surface area (Å²) in [7, 11) is 1.49. The highest BCUT2D eigenvalue weighted by Crippen LogP contribution is 2.33. The third-order valence-electron chi connectivity index (χ3n) is 2.93. The maximum atomic E-state index is 5.96. The van der Waals surface area contributed by atoms with E-state index in [0.717, 1.165) is 22.1 Å². The molecule has 3 heteroatoms. The van der Waals surface area contributed by atoms with Crippen LogP contribution in [0.5, 0.6) is 11.5 Å². The Morgan fingerprint density at radius 3 is 2.65 bits per heavy atom. The highest BCUT2D eigenvalue weighted by Gasteiger charge is 2.09. The van der Waals surface area contributed by atoms with Crippen molar-refractivity contribution in [3.63, 3.8) is 0 Å². The highest BCUT2D eigenvalue weighted by atomic mass is 17.2. The van der Waals surface area contributed by atoms with Crippen LogP contribution in [0.15, 0.2) is 36.9 Å². The number of rotatable bonds is 6. The third-order valence-corrected chi connectivity index (χ3v) is 2.93. The smallest absolute Gasteiger partial charge is 0.166 e. The topological polar surface area (TPSA) is 27.7 Å². The van der Waals surface area contributed by atoms with Crippen LogP contribution >= 0.6 is 0 Å². The Morgan fingerprint density at radius 1 is 1.20 bits per heavy atom. The van der Waals surface area contributed by atoms with E-state index in [0.29, 0.717) is 18.3 Å². The molecule has 0 bridgehead atoms. The van der Waals surface area contributed by atoms with E-state index in [1.807, 2.05) is 36.4 Å². The lowest BCUT2D eigenvalue weighted by Gasteiger charge is -2.14. The summed E-state index contributed by atoms with van der Waals surface area (Å²) in [6, 6.07) is 9.79. The van der Waals surface area contributed by atoms with Crippen molar-refractivity contribution in [3.8, 4) is 11.5 Å². The molecule has 2 aromatic carbocycles. The molecule has 0 aliphatic heterocycles. The van der Waals surface area contributed by atoms with Crippen molar-refractivity contribution in [2.24, 2.45) is 5.92 Å². The van der Waals surface area contributed by atoms with Crippen molar-refractivity contribution in [2.45, 2.75) is 13.8 Å². The molecular weight excluding hydrogens is 252 g/mol. The first-order valence-corrected chi connectivity index (χ1v) is 6.68. The Bertz CT molecular complexity index is 602. The molecule has 0 atom stereocenters. The molecule has 0 saturated heterocycles. The van der Waals surface area contributed by atoms with E-state index in [1.165, 1.54) is 7.11 Å². The lowest BCUT2D eigenvalue weighted by molar-refractivity contribution is -0.178. The van der Waals surface area contributed by atoms with Crippen LogP contribution in [0, 0.1) is 5.92 Å². The lowest BCUT2D eigenvalue weighted by atomic mass is 10.0. The Kier molecular flexibility index (Phi) is 4.64. The summed E-state index contributed by atoms with van der Waals surface area (Å²) < 4.78 is 5.96. The molecule has 0 aliphatic rings. The minimum absolute atomic E-state index is 0.471. The second kappa shape index (κ2) is 6.44. The summed E-state index contributed by atoms with van der Waals surface area (Å²) in [5.41, 5.74) is 0.999. The summed E-state index contributed by atoms with van der Waals surface area (Å²) in [4.78, 5) is 9.73. The second-order valence-corrected chi connectivity index (χ2v) is 5.03. The zero-order valence-electron chi connectivity index (χ0n) is 12.2. The van der Waals surface area contributed by atoms with Crippen molar-refractivity contribution >= 4 is 16.8 Å². The van der Waals surface area contributed by atoms with E-state index in [9.17, 15) is 0 Å². The molecule has 2 aromatic rings. The molecule has 2 rings (SSSR count). The Morgan fingerprint density at radius 2 is 2.00 bits per heavy atom. The van der Waals surface area contributed by atoms with Gasteiger partial charge >= 0.3 is 0 Å². The number of fused-ring (bicyclic) bond motifs is 1. The van der Waals surface area contributed by atoms with Gasteiger partial charge in [-0.1, -0.05) is 38.6 Å². The molecule has 0 aromatic heterocycles. The van der Waals surface area contributed by atoms with E-state index in [1.54, 1.807) is 0 Å². The van der Waals surface area contributed by atoms with Crippen LogP contribution in [0.2, 0.25) is 0 Å². The summed E-state index contributed by atoms with van der Waals surface area (Å²) in [6.45, 7) is 8.78. The second-order valence-electron chi connectivity index (χ2n) is 5.03. The fraction of sp³-hybridized carbons (Fsp3) is 0.294. The summed E-state index contributed by atoms with van der Waals surface area (Å²) in [5.74, 6) is 2.01. The predicted octanol–water partition coefficient (Wildman–Crippen LogP) is 4.46. The molecule has 0 heterocycles. The molecule has 0 N–H and O–H groups in total. The summed E-state index contributed by atoms with van der Waals surface area (Å²) >= 11 is 0. The Labute approximate surface area is 119 Å². The van der Waals surface area contributed by atoms with Gasteiger partial charge in [-0.3, -0.25) is 0 Å². The summed E-state index contributed by atoms with van der Waals surface area (Å²) in [5, 5.41) is 2.09. The number of hydrogen-bond acceptors (Lipinski definition) is 3. The van der Waals surface area contributed by atoms with Gasteiger partial charge in [0.25, 0.3) is 0 Å². The normalized spacial score (nSPS) is 10.8. The van der Waals surface area contributed by atoms with Gasteiger partial charge in [0.15, 0.2) is 5.75 Å². The van der Waals surface area contributed by atoms with Crippen molar-refractivity contribution in [2.75, 3.05) is 13.7 Å². The molecule has 3 nitrogen and oxygen atoms in total. The average molecular weight is 272 g/mol. The molecule has 0 spiro atoms. The molecule has 0 saturated carbocycles. The van der Waals surface area contributed by atoms with Crippen LogP contribution in [-0.2, 0) is 4.89 Å². The first kappa shape index (κ1) is 14.4. The van der Waals surface area contributed by atoms with Crippen molar-refractivity contribution < 1.29 is 14.5 Å². The number of ether oxygens (including phenoxy) is 1. The maximum absolute atomic E-state index is 5.96. The quantitative estimate of drug-likeness (QED) is 0.574. The Hall–Kier alpha value is -2.00. The van der Waals surface area contributed by atoms with Crippen LogP contribution in [0.1, 0.15) is 19.4 Å². The van der Waals surface area contributed by atoms with Gasteiger partial charge in [0.2, 0.25) is 0 Å². The Balaban J connectivity index is 2.47. The van der Waals surface area contributed by atoms with Gasteiger partial charge in [0.1, 0.15) is 5.75 Å². The minimum Gasteiger partial charge on any atom is -0.492 e. The minimum atomic E-state index is 0.471. The fourth-order valence-electron chi connectivity index (χ4n) is 2.02. The van der Waals surface area contributed by atoms with Gasteiger partial charge in [0.05, 0.1) is 13.7 Å². The molecule has 0 fully saturated rings. The van der Waals surface area contributed by atoms with E-state index in [4.69, 9.17) is 9.62 Å². The van der Waals surface area contributed by atoms with Gasteiger partial charge in [-0.25, -0.2) is 0 Å². The molecular formula is C17H20O3. The number of benzene rings is 2. The van der Waals surface area contributed by atoms with Crippen LogP contribution in [0.25, 0.3) is 16.8 Å². The van der Waals surface area contributed by atoms with E-state index in [-0.39, 0.29) is 0 Å². The first-order chi connectivity index (χ1) is 9.65. The van der Waals surface area contributed by atoms with Gasteiger partial charge < -0.3 is 9.62 Å². The molecule has 0 radical (unpaired) electrons. The van der Waals surface area contributed by atoms with Gasteiger partial charge in [0, 0.05) is 10.9 Å². The molecule has 20 heavy (non-hydrogen) atoms. The fourth-order valence-corrected chi connectivity index (χ4v) is 2.02. The SMILES string of the molecule is C=Cc1ccc2cc(OOC)ccc2c1OCC(C)C. The van der Waals surface area contributed by atoms with Crippen LogP contribution in [0.4, 0.5) is 0 Å². The predicted molar refractivity (Wildman–Crippen MR) is 82.0 cm³/mol. The van der Waals surface area contributed by atoms with Crippen molar-refractivity contribution in [3.05, 3.63) is 42.5 Å². The zero-order chi connectivity index (χ0) is 14.5. The molecule has 0 amide bonds. The standard InChI is InChI=1S/C17H20O3/c1-5-13-6-7-14-10-15(20-18-4)8-9-16(14)17(13)19-11-12(2)3/h5-10,12H,1,11H2,2-4H3. The average Bonchev–Trinajstić information content (AvgIpc) is 2.44. The first-order valence-electron chi connectivity index (χ1n) is 6.68. The van der Waals surface area contributed by atoms with Gasteiger partial charge in [-0.2, -0.15) is 4.89 Å². The van der Waals surface area contributed by atoms with Crippen molar-refractivity contribution in [1.82, 2.24) is 0 Å². The largest absolute Gasteiger partial charge is 0.492 e. The van der Waals surface area contributed by atoms with Crippen molar-refractivity contribution in [1.29, 1.82) is 0 Å². The molecule has 106 valence electrons. The van der Waals surface area contributed by atoms with Crippen LogP contribution in [0.3, 0.4) is 0 Å². The van der Waals surface area contributed by atoms with E-state index < -0.39 is 0 Å². The van der Waals surface area contributed by atoms with Crippen LogP contribution < -0.4 is 9.62 Å². The summed E-state index contributed by atoms with van der Waals surface area (Å²) in [6.07, 6.45) is 1.81. The van der Waals surface area contributed by atoms with Gasteiger partial charge in [-0.15, -0.1) is 0 Å². The molecule has 0 unspecified atom stereocenters. The van der Waals surface area contributed by atoms with Crippen LogP contribution in [-0.4, -0.2) is 13.7 Å². The lowest BCUT2D eigenvalue weighted by Crippen LogP contribution is -2.05. The van der Waals surface area contributed by atoms with E-state index >= 15 is 0 Å². The third kappa shape index (κ3) is 3.11. The van der Waals surface area contributed by atoms with E-state index in [2.05, 4.69) is 25.3 Å².